The minimum atomic E-state index is -0.293. The molecule has 8 aliphatic carbocycles. The van der Waals surface area contributed by atoms with Crippen molar-refractivity contribution in [2.45, 2.75) is 71.1 Å². The predicted molar refractivity (Wildman–Crippen MR) is 383 cm³/mol. The third-order valence-electron chi connectivity index (χ3n) is 21.2. The maximum absolute atomic E-state index is 4.15. The normalized spacial score (nSPS) is 23.9. The molecule has 16 rings (SSSR count). The van der Waals surface area contributed by atoms with E-state index in [1.54, 1.807) is 0 Å². The molecule has 0 aromatic heterocycles. The van der Waals surface area contributed by atoms with Crippen LogP contribution in [0.2, 0.25) is 0 Å². The van der Waals surface area contributed by atoms with Crippen molar-refractivity contribution in [3.05, 3.63) is 375 Å². The molecule has 0 aliphatic heterocycles. The fourth-order valence-electron chi connectivity index (χ4n) is 17.2. The lowest BCUT2D eigenvalue weighted by Gasteiger charge is -2.39. The van der Waals surface area contributed by atoms with Crippen LogP contribution in [0, 0.1) is 24.2 Å². The molecule has 0 nitrogen and oxygen atoms in total. The number of benzene rings is 8. The Morgan fingerprint density at radius 3 is 2.04 bits per heavy atom. The lowest BCUT2D eigenvalue weighted by Crippen LogP contribution is -2.25. The molecule has 0 fully saturated rings. The first kappa shape index (κ1) is 55.4. The second kappa shape index (κ2) is 22.9. The Labute approximate surface area is 532 Å². The van der Waals surface area contributed by atoms with Crippen molar-refractivity contribution >= 4 is 39.1 Å². The van der Waals surface area contributed by atoms with Gasteiger partial charge in [0.15, 0.2) is 0 Å². The quantitative estimate of drug-likeness (QED) is 0.113. The molecule has 5 unspecified atom stereocenters. The molecule has 0 N–H and O–H groups in total. The maximum Gasteiger partial charge on any atom is 0.0186 e. The minimum absolute atomic E-state index is 0.0690. The van der Waals surface area contributed by atoms with Gasteiger partial charge >= 0.3 is 0 Å². The average Bonchev–Trinajstić information content (AvgIpc) is 1.52. The molecule has 5 atom stereocenters. The Balaban J connectivity index is 0.985. The van der Waals surface area contributed by atoms with E-state index in [1.165, 1.54) is 156 Å². The van der Waals surface area contributed by atoms with Crippen molar-refractivity contribution in [2.75, 3.05) is 0 Å². The molecule has 0 amide bonds. The van der Waals surface area contributed by atoms with E-state index in [0.717, 1.165) is 38.5 Å². The van der Waals surface area contributed by atoms with Crippen molar-refractivity contribution in [1.82, 2.24) is 0 Å². The van der Waals surface area contributed by atoms with E-state index in [-0.39, 0.29) is 29.1 Å². The predicted octanol–water partition coefficient (Wildman–Crippen LogP) is 23.6. The molecule has 0 spiro atoms. The molecule has 8 aromatic carbocycles. The van der Waals surface area contributed by atoms with Gasteiger partial charge < -0.3 is 0 Å². The number of fused-ring (bicyclic) bond motifs is 8. The summed E-state index contributed by atoms with van der Waals surface area (Å²) >= 11 is 0. The van der Waals surface area contributed by atoms with E-state index >= 15 is 0 Å². The molecule has 0 saturated carbocycles. The molecule has 0 radical (unpaired) electrons. The Bertz CT molecular complexity index is 4750. The number of allylic oxidation sites excluding steroid dienone is 28. The summed E-state index contributed by atoms with van der Waals surface area (Å²) in [6, 6.07) is 66.8. The molecule has 90 heavy (non-hydrogen) atoms. The summed E-state index contributed by atoms with van der Waals surface area (Å²) in [5.41, 5.74) is 35.5. The van der Waals surface area contributed by atoms with Crippen LogP contribution >= 0.6 is 0 Å². The van der Waals surface area contributed by atoms with Crippen LogP contribution in [0.1, 0.15) is 108 Å². The first-order valence-electron chi connectivity index (χ1n) is 32.8. The fraction of sp³-hybridized carbons (Fsp3) is 0.156. The van der Waals surface area contributed by atoms with E-state index < -0.39 is 0 Å². The highest BCUT2D eigenvalue weighted by atomic mass is 14.5. The van der Waals surface area contributed by atoms with E-state index in [0.29, 0.717) is 0 Å². The van der Waals surface area contributed by atoms with E-state index in [2.05, 4.69) is 307 Å². The highest BCUT2D eigenvalue weighted by Gasteiger charge is 2.48. The van der Waals surface area contributed by atoms with E-state index in [4.69, 9.17) is 0 Å². The fourth-order valence-corrected chi connectivity index (χ4v) is 17.2. The van der Waals surface area contributed by atoms with Gasteiger partial charge in [-0.25, -0.2) is 0 Å². The molecule has 0 heterocycles. The molecule has 0 bridgehead atoms. The number of hydrogen-bond acceptors (Lipinski definition) is 0. The summed E-state index contributed by atoms with van der Waals surface area (Å²) in [5.74, 6) is 0.654. The van der Waals surface area contributed by atoms with Crippen molar-refractivity contribution in [2.24, 2.45) is 17.3 Å². The van der Waals surface area contributed by atoms with Crippen molar-refractivity contribution in [3.63, 3.8) is 0 Å². The van der Waals surface area contributed by atoms with Crippen LogP contribution < -0.4 is 0 Å². The average molecular weight is 1160 g/mol. The Morgan fingerprint density at radius 2 is 1.30 bits per heavy atom. The highest BCUT2D eigenvalue weighted by molar-refractivity contribution is 6.23. The smallest absolute Gasteiger partial charge is 0.0186 e. The summed E-state index contributed by atoms with van der Waals surface area (Å²) in [6.07, 6.45) is 48.0. The van der Waals surface area contributed by atoms with E-state index in [9.17, 15) is 0 Å². The third-order valence-corrected chi connectivity index (χ3v) is 21.2. The summed E-state index contributed by atoms with van der Waals surface area (Å²) in [4.78, 5) is 0. The largest absolute Gasteiger partial charge is 0.0991 e. The summed E-state index contributed by atoms with van der Waals surface area (Å²) < 4.78 is 0. The molecule has 0 saturated heterocycles. The standard InChI is InChI=1S/C90H74/c1-5-6-14-44-67(59(3)60-32-15-9-16-33-60)84-76-56-66-43-28-27-42-65(66)55-75(76)81(64-40-23-13-24-41-64)88-73-53-52-71(80-58(2)50-51-72(86(73)80)89(84)88)82-69-46-31-47-70-83(69)77(57-74(82)62-36-19-11-20-37-62)87-79(90(4)54-30-29-48-78(90)63-38-21-12-22-39-63)49-26-8-7-25-45-68(85(70)87)61-34-17-10-18-35-61/h5-30,32-44,47-48,50-53,55,57,59,66,69,82H,1,31,45-46,49,54,56H2,2-4H3/b14-6-,25-7-,26-8-,67-44+,85-68+,87-79+. The van der Waals surface area contributed by atoms with Gasteiger partial charge in [-0.2, -0.15) is 0 Å². The lowest BCUT2D eigenvalue weighted by atomic mass is 9.64. The van der Waals surface area contributed by atoms with Gasteiger partial charge in [-0.3, -0.25) is 0 Å². The zero-order chi connectivity index (χ0) is 60.5. The molecular formula is C90H74. The lowest BCUT2D eigenvalue weighted by molar-refractivity contribution is 0.511. The van der Waals surface area contributed by atoms with Crippen LogP contribution in [0.25, 0.3) is 72.5 Å². The molecule has 434 valence electrons. The van der Waals surface area contributed by atoms with Gasteiger partial charge in [0.25, 0.3) is 0 Å². The van der Waals surface area contributed by atoms with Gasteiger partial charge in [0.05, 0.1) is 0 Å². The van der Waals surface area contributed by atoms with Crippen LogP contribution in [0.15, 0.2) is 325 Å². The van der Waals surface area contributed by atoms with Gasteiger partial charge in [-0.1, -0.05) is 300 Å². The van der Waals surface area contributed by atoms with Crippen LogP contribution in [0.5, 0.6) is 0 Å². The topological polar surface area (TPSA) is 0 Å². The number of rotatable bonds is 11. The van der Waals surface area contributed by atoms with Crippen molar-refractivity contribution in [1.29, 1.82) is 0 Å². The first-order valence-corrected chi connectivity index (χ1v) is 32.8. The van der Waals surface area contributed by atoms with Crippen LogP contribution in [-0.4, -0.2) is 0 Å². The second-order valence-corrected chi connectivity index (χ2v) is 26.0. The summed E-state index contributed by atoms with van der Waals surface area (Å²) in [6.45, 7) is 11.5. The van der Waals surface area contributed by atoms with Gasteiger partial charge in [-0.15, -0.1) is 0 Å². The van der Waals surface area contributed by atoms with Crippen LogP contribution in [0.4, 0.5) is 0 Å². The van der Waals surface area contributed by atoms with Crippen molar-refractivity contribution < 1.29 is 0 Å². The molecule has 0 heteroatoms. The van der Waals surface area contributed by atoms with Gasteiger partial charge in [0.2, 0.25) is 0 Å². The van der Waals surface area contributed by atoms with Crippen LogP contribution in [0.3, 0.4) is 0 Å². The first-order chi connectivity index (χ1) is 44.4. The maximum atomic E-state index is 4.15. The zero-order valence-corrected chi connectivity index (χ0v) is 51.9. The van der Waals surface area contributed by atoms with Gasteiger partial charge in [0, 0.05) is 23.2 Å². The molecule has 8 aromatic rings. The number of hydrogen-bond donors (Lipinski definition) is 0. The van der Waals surface area contributed by atoms with E-state index in [1.807, 2.05) is 6.08 Å². The highest BCUT2D eigenvalue weighted by Crippen LogP contribution is 2.66. The Morgan fingerprint density at radius 1 is 0.622 bits per heavy atom. The monoisotopic (exact) mass is 1150 g/mol. The van der Waals surface area contributed by atoms with Crippen molar-refractivity contribution in [3.8, 4) is 33.4 Å². The van der Waals surface area contributed by atoms with Crippen LogP contribution in [-0.2, 0) is 6.42 Å². The van der Waals surface area contributed by atoms with Gasteiger partial charge in [-0.05, 0) is 213 Å². The van der Waals surface area contributed by atoms with Gasteiger partial charge in [0.1, 0.15) is 0 Å². The molecular weight excluding hydrogens is 1080 g/mol. The SMILES string of the molecule is C=C/C=C\C=C(\c1c2c(c(-c3ccccc3)c3c1-c1ccc(C)c4c(C5C(c6ccccc6)=CC6=C7C(=CCCC75)/C5=C(\c7ccccc7)C/C=C\C=C/C/C(C7(C)CC=CC=C7c7ccccc7)=C/65)ccc-3c14)C=C1C=CC=CC1C2)C(C)c1ccccc1. The Kier molecular flexibility index (Phi) is 14.1. The second-order valence-electron chi connectivity index (χ2n) is 26.0. The minimum Gasteiger partial charge on any atom is -0.0991 e. The number of aryl methyl sites for hydroxylation is 1. The molecule has 8 aliphatic rings. The summed E-state index contributed by atoms with van der Waals surface area (Å²) in [7, 11) is 0. The Hall–Kier alpha value is -9.88. The third kappa shape index (κ3) is 9.01. The zero-order valence-electron chi connectivity index (χ0n) is 51.9. The summed E-state index contributed by atoms with van der Waals surface area (Å²) in [5, 5.41) is 2.79.